The van der Waals surface area contributed by atoms with E-state index in [1.165, 1.54) is 0 Å². The molecule has 3 nitrogen and oxygen atoms in total. The molecule has 0 unspecified atom stereocenters. The highest BCUT2D eigenvalue weighted by atomic mass is 35.5. The Hall–Kier alpha value is -0.930. The molecule has 1 aromatic rings. The average molecular weight is 227 g/mol. The number of nitrogens with one attached hydrogen (secondary N) is 2. The molecule has 15 heavy (non-hydrogen) atoms. The first-order valence-corrected chi connectivity index (χ1v) is 5.59. The van der Waals surface area contributed by atoms with Crippen LogP contribution in [0.2, 0.25) is 5.02 Å². The molecule has 0 amide bonds. The molecule has 1 aliphatic rings. The van der Waals surface area contributed by atoms with Crippen LogP contribution >= 0.6 is 11.6 Å². The van der Waals surface area contributed by atoms with Crippen molar-refractivity contribution < 1.29 is 5.11 Å². The number of aromatic hydroxyl groups is 1. The number of rotatable bonds is 2. The molecule has 1 aliphatic heterocycles. The van der Waals surface area contributed by atoms with Crippen molar-refractivity contribution in [1.29, 1.82) is 0 Å². The summed E-state index contributed by atoms with van der Waals surface area (Å²) in [6, 6.07) is 5.60. The maximum Gasteiger partial charge on any atom is 0.140 e. The second kappa shape index (κ2) is 4.73. The van der Waals surface area contributed by atoms with Crippen LogP contribution in [0.1, 0.15) is 12.8 Å². The number of benzene rings is 1. The summed E-state index contributed by atoms with van der Waals surface area (Å²) in [7, 11) is 0. The molecule has 0 radical (unpaired) electrons. The summed E-state index contributed by atoms with van der Waals surface area (Å²) in [5.74, 6) is 0.223. The molecule has 0 aliphatic carbocycles. The SMILES string of the molecule is Oc1cc(Cl)ccc1NC1CCNCC1. The minimum absolute atomic E-state index is 0.223. The topological polar surface area (TPSA) is 44.3 Å². The lowest BCUT2D eigenvalue weighted by molar-refractivity contribution is 0.463. The number of anilines is 1. The average Bonchev–Trinajstić information content (AvgIpc) is 2.24. The lowest BCUT2D eigenvalue weighted by Crippen LogP contribution is -2.35. The van der Waals surface area contributed by atoms with Gasteiger partial charge in [-0.2, -0.15) is 0 Å². The normalized spacial score (nSPS) is 17.7. The zero-order valence-corrected chi connectivity index (χ0v) is 9.22. The van der Waals surface area contributed by atoms with Gasteiger partial charge in [0.05, 0.1) is 5.69 Å². The van der Waals surface area contributed by atoms with Gasteiger partial charge in [0.1, 0.15) is 5.75 Å². The summed E-state index contributed by atoms with van der Waals surface area (Å²) in [5, 5.41) is 16.8. The summed E-state index contributed by atoms with van der Waals surface area (Å²) in [6.07, 6.45) is 2.17. The highest BCUT2D eigenvalue weighted by molar-refractivity contribution is 6.30. The Kier molecular flexibility index (Phi) is 3.34. The molecule has 0 bridgehead atoms. The fraction of sp³-hybridized carbons (Fsp3) is 0.455. The Balaban J connectivity index is 2.03. The van der Waals surface area contributed by atoms with Crippen molar-refractivity contribution in [3.63, 3.8) is 0 Å². The predicted molar refractivity (Wildman–Crippen MR) is 62.6 cm³/mol. The summed E-state index contributed by atoms with van der Waals surface area (Å²) in [6.45, 7) is 2.07. The zero-order chi connectivity index (χ0) is 10.7. The number of halogens is 1. The molecular weight excluding hydrogens is 212 g/mol. The monoisotopic (exact) mass is 226 g/mol. The third-order valence-electron chi connectivity index (χ3n) is 2.66. The number of phenols is 1. The van der Waals surface area contributed by atoms with Crippen molar-refractivity contribution >= 4 is 17.3 Å². The number of piperidine rings is 1. The van der Waals surface area contributed by atoms with E-state index in [1.54, 1.807) is 12.1 Å². The second-order valence-corrected chi connectivity index (χ2v) is 4.27. The summed E-state index contributed by atoms with van der Waals surface area (Å²) < 4.78 is 0. The van der Waals surface area contributed by atoms with Gasteiger partial charge in [0.15, 0.2) is 0 Å². The van der Waals surface area contributed by atoms with E-state index >= 15 is 0 Å². The van der Waals surface area contributed by atoms with Crippen LogP contribution in [0, 0.1) is 0 Å². The summed E-state index contributed by atoms with van der Waals surface area (Å²) in [4.78, 5) is 0. The Labute approximate surface area is 94.4 Å². The maximum absolute atomic E-state index is 9.66. The number of phenolic OH excluding ortho intramolecular Hbond substituents is 1. The van der Waals surface area contributed by atoms with Gasteiger partial charge >= 0.3 is 0 Å². The van der Waals surface area contributed by atoms with Crippen molar-refractivity contribution in [3.05, 3.63) is 23.2 Å². The van der Waals surface area contributed by atoms with Crippen LogP contribution in [0.15, 0.2) is 18.2 Å². The fourth-order valence-electron chi connectivity index (χ4n) is 1.81. The smallest absolute Gasteiger partial charge is 0.140 e. The highest BCUT2D eigenvalue weighted by Gasteiger charge is 2.13. The molecule has 1 heterocycles. The van der Waals surface area contributed by atoms with Crippen LogP contribution in [0.25, 0.3) is 0 Å². The van der Waals surface area contributed by atoms with E-state index in [-0.39, 0.29) is 5.75 Å². The van der Waals surface area contributed by atoms with Crippen LogP contribution in [0.4, 0.5) is 5.69 Å². The van der Waals surface area contributed by atoms with E-state index < -0.39 is 0 Å². The van der Waals surface area contributed by atoms with Gasteiger partial charge in [-0.25, -0.2) is 0 Å². The van der Waals surface area contributed by atoms with Gasteiger partial charge in [-0.1, -0.05) is 11.6 Å². The molecule has 0 atom stereocenters. The van der Waals surface area contributed by atoms with Gasteiger partial charge in [0.2, 0.25) is 0 Å². The molecule has 3 N–H and O–H groups in total. The Bertz CT molecular complexity index is 337. The van der Waals surface area contributed by atoms with E-state index in [2.05, 4.69) is 10.6 Å². The predicted octanol–water partition coefficient (Wildman–Crippen LogP) is 2.21. The molecule has 82 valence electrons. The number of hydrogen-bond acceptors (Lipinski definition) is 3. The highest BCUT2D eigenvalue weighted by Crippen LogP contribution is 2.27. The molecule has 1 aromatic carbocycles. The van der Waals surface area contributed by atoms with Gasteiger partial charge in [-0.05, 0) is 38.1 Å². The van der Waals surface area contributed by atoms with Gasteiger partial charge < -0.3 is 15.7 Å². The Morgan fingerprint density at radius 2 is 2.07 bits per heavy atom. The zero-order valence-electron chi connectivity index (χ0n) is 8.46. The quantitative estimate of drug-likeness (QED) is 0.678. The Morgan fingerprint density at radius 3 is 2.73 bits per heavy atom. The van der Waals surface area contributed by atoms with Gasteiger partial charge in [0, 0.05) is 17.1 Å². The van der Waals surface area contributed by atoms with E-state index in [0.717, 1.165) is 31.6 Å². The molecule has 4 heteroatoms. The largest absolute Gasteiger partial charge is 0.506 e. The van der Waals surface area contributed by atoms with Crippen molar-refractivity contribution in [2.75, 3.05) is 18.4 Å². The summed E-state index contributed by atoms with van der Waals surface area (Å²) in [5.41, 5.74) is 0.770. The third-order valence-corrected chi connectivity index (χ3v) is 2.89. The van der Waals surface area contributed by atoms with Crippen LogP contribution < -0.4 is 10.6 Å². The molecule has 0 spiro atoms. The third kappa shape index (κ3) is 2.76. The van der Waals surface area contributed by atoms with Crippen molar-refractivity contribution in [3.8, 4) is 5.75 Å². The molecular formula is C11H15ClN2O. The van der Waals surface area contributed by atoms with Crippen molar-refractivity contribution in [2.45, 2.75) is 18.9 Å². The molecule has 0 aromatic heterocycles. The van der Waals surface area contributed by atoms with Gasteiger partial charge in [-0.3, -0.25) is 0 Å². The van der Waals surface area contributed by atoms with Crippen molar-refractivity contribution in [2.24, 2.45) is 0 Å². The van der Waals surface area contributed by atoms with Crippen molar-refractivity contribution in [1.82, 2.24) is 5.32 Å². The standard InChI is InChI=1S/C11H15ClN2O/c12-8-1-2-10(11(15)7-8)14-9-3-5-13-6-4-9/h1-2,7,9,13-15H,3-6H2. The lowest BCUT2D eigenvalue weighted by atomic mass is 10.1. The van der Waals surface area contributed by atoms with E-state index in [1.807, 2.05) is 6.07 Å². The van der Waals surface area contributed by atoms with E-state index in [4.69, 9.17) is 11.6 Å². The Morgan fingerprint density at radius 1 is 1.33 bits per heavy atom. The van der Waals surface area contributed by atoms with E-state index in [9.17, 15) is 5.11 Å². The van der Waals surface area contributed by atoms with Gasteiger partial charge in [-0.15, -0.1) is 0 Å². The molecule has 1 saturated heterocycles. The van der Waals surface area contributed by atoms with Crippen LogP contribution in [-0.4, -0.2) is 24.2 Å². The second-order valence-electron chi connectivity index (χ2n) is 3.83. The summed E-state index contributed by atoms with van der Waals surface area (Å²) >= 11 is 5.76. The molecule has 0 saturated carbocycles. The molecule has 2 rings (SSSR count). The molecule has 1 fully saturated rings. The van der Waals surface area contributed by atoms with Gasteiger partial charge in [0.25, 0.3) is 0 Å². The first-order chi connectivity index (χ1) is 7.25. The lowest BCUT2D eigenvalue weighted by Gasteiger charge is -2.25. The van der Waals surface area contributed by atoms with Crippen LogP contribution in [0.3, 0.4) is 0 Å². The minimum Gasteiger partial charge on any atom is -0.506 e. The maximum atomic E-state index is 9.66. The first kappa shape index (κ1) is 10.6. The minimum atomic E-state index is 0.223. The number of hydrogen-bond donors (Lipinski definition) is 3. The van der Waals surface area contributed by atoms with Crippen LogP contribution in [-0.2, 0) is 0 Å². The first-order valence-electron chi connectivity index (χ1n) is 5.21. The van der Waals surface area contributed by atoms with E-state index in [0.29, 0.717) is 11.1 Å². The van der Waals surface area contributed by atoms with Crippen LogP contribution in [0.5, 0.6) is 5.75 Å². The fourth-order valence-corrected chi connectivity index (χ4v) is 1.98.